The molecule has 0 spiro atoms. The maximum atomic E-state index is 13.3. The molecule has 0 bridgehead atoms. The van der Waals surface area contributed by atoms with Crippen LogP contribution in [0.15, 0.2) is 66.7 Å². The minimum Gasteiger partial charge on any atom is -0.494 e. The highest BCUT2D eigenvalue weighted by molar-refractivity contribution is 5.93. The fourth-order valence-corrected chi connectivity index (χ4v) is 5.25. The number of esters is 2. The van der Waals surface area contributed by atoms with Crippen LogP contribution in [-0.4, -0.2) is 30.8 Å². The Bertz CT molecular complexity index is 1370. The van der Waals surface area contributed by atoms with Crippen molar-refractivity contribution in [1.82, 2.24) is 0 Å². The molecule has 0 radical (unpaired) electrons. The fourth-order valence-electron chi connectivity index (χ4n) is 5.25. The van der Waals surface area contributed by atoms with Gasteiger partial charge in [0.2, 0.25) is 0 Å². The predicted octanol–water partition coefficient (Wildman–Crippen LogP) is 11.5. The van der Waals surface area contributed by atoms with Gasteiger partial charge in [0.05, 0.1) is 17.7 Å². The van der Waals surface area contributed by atoms with E-state index < -0.39 is 24.2 Å². The summed E-state index contributed by atoms with van der Waals surface area (Å²) in [5.74, 6) is -0.644. The molecule has 0 saturated carbocycles. The molecule has 0 amide bonds. The first-order chi connectivity index (χ1) is 22.6. The van der Waals surface area contributed by atoms with E-state index in [-0.39, 0.29) is 24.2 Å². The number of alkyl halides is 3. The van der Waals surface area contributed by atoms with Gasteiger partial charge in [-0.1, -0.05) is 102 Å². The maximum absolute atomic E-state index is 13.3. The SMILES string of the molecule is CCCCCCCCCCCCOc1ccc(-c2ccc(C(=O)Oc3ccc(C(=O)O[C@@H](CCCC)C(F)(F)F)cc3C)cc2)cc1. The van der Waals surface area contributed by atoms with Gasteiger partial charge in [-0.3, -0.25) is 0 Å². The number of carbonyl (C=O) groups is 2. The van der Waals surface area contributed by atoms with E-state index in [2.05, 4.69) is 6.92 Å². The molecule has 3 rings (SSSR count). The molecule has 0 aliphatic heterocycles. The van der Waals surface area contributed by atoms with Crippen molar-refractivity contribution < 1.29 is 37.0 Å². The zero-order chi connectivity index (χ0) is 34.1. The van der Waals surface area contributed by atoms with Crippen LogP contribution < -0.4 is 9.47 Å². The van der Waals surface area contributed by atoms with E-state index in [1.165, 1.54) is 76.0 Å². The normalized spacial score (nSPS) is 12.0. The van der Waals surface area contributed by atoms with Crippen LogP contribution in [0.25, 0.3) is 11.1 Å². The Labute approximate surface area is 277 Å². The Morgan fingerprint density at radius 2 is 1.19 bits per heavy atom. The van der Waals surface area contributed by atoms with Gasteiger partial charge in [0.15, 0.2) is 6.10 Å². The zero-order valence-corrected chi connectivity index (χ0v) is 28.0. The van der Waals surface area contributed by atoms with Gasteiger partial charge in [0.1, 0.15) is 11.5 Å². The molecule has 1 atom stereocenters. The van der Waals surface area contributed by atoms with Crippen molar-refractivity contribution in [2.24, 2.45) is 0 Å². The summed E-state index contributed by atoms with van der Waals surface area (Å²) in [5, 5.41) is 0. The third-order valence-electron chi connectivity index (χ3n) is 8.12. The van der Waals surface area contributed by atoms with Crippen LogP contribution in [0.2, 0.25) is 0 Å². The van der Waals surface area contributed by atoms with Gasteiger partial charge in [0, 0.05) is 0 Å². The van der Waals surface area contributed by atoms with Gasteiger partial charge < -0.3 is 14.2 Å². The molecular weight excluding hydrogens is 605 g/mol. The molecule has 8 heteroatoms. The molecule has 256 valence electrons. The molecule has 3 aromatic carbocycles. The third-order valence-corrected chi connectivity index (χ3v) is 8.12. The van der Waals surface area contributed by atoms with Gasteiger partial charge in [-0.15, -0.1) is 0 Å². The molecule has 5 nitrogen and oxygen atoms in total. The van der Waals surface area contributed by atoms with Crippen LogP contribution >= 0.6 is 0 Å². The minimum atomic E-state index is -4.64. The van der Waals surface area contributed by atoms with E-state index in [0.29, 0.717) is 24.2 Å². The van der Waals surface area contributed by atoms with Crippen molar-refractivity contribution >= 4 is 11.9 Å². The quantitative estimate of drug-likeness (QED) is 0.0689. The van der Waals surface area contributed by atoms with E-state index in [9.17, 15) is 22.8 Å². The van der Waals surface area contributed by atoms with Crippen LogP contribution in [0.4, 0.5) is 13.2 Å². The van der Waals surface area contributed by atoms with E-state index in [4.69, 9.17) is 14.2 Å². The molecule has 0 aliphatic carbocycles. The molecule has 47 heavy (non-hydrogen) atoms. The van der Waals surface area contributed by atoms with Crippen LogP contribution in [0, 0.1) is 6.92 Å². The lowest BCUT2D eigenvalue weighted by atomic mass is 10.0. The van der Waals surface area contributed by atoms with Crippen molar-refractivity contribution in [3.8, 4) is 22.6 Å². The number of ether oxygens (including phenoxy) is 3. The monoisotopic (exact) mass is 654 g/mol. The molecule has 0 fully saturated rings. The third kappa shape index (κ3) is 13.1. The number of hydrogen-bond donors (Lipinski definition) is 0. The Kier molecular flexibility index (Phi) is 15.8. The Hall–Kier alpha value is -3.81. The maximum Gasteiger partial charge on any atom is 0.425 e. The molecular formula is C39H49F3O5. The summed E-state index contributed by atoms with van der Waals surface area (Å²) in [4.78, 5) is 25.3. The van der Waals surface area contributed by atoms with Crippen LogP contribution in [0.3, 0.4) is 0 Å². The van der Waals surface area contributed by atoms with Gasteiger partial charge >= 0.3 is 18.1 Å². The number of halogens is 3. The van der Waals surface area contributed by atoms with Gasteiger partial charge in [-0.2, -0.15) is 13.2 Å². The highest BCUT2D eigenvalue weighted by Crippen LogP contribution is 2.29. The zero-order valence-electron chi connectivity index (χ0n) is 28.0. The Morgan fingerprint density at radius 1 is 0.660 bits per heavy atom. The first-order valence-electron chi connectivity index (χ1n) is 17.1. The van der Waals surface area contributed by atoms with E-state index in [1.54, 1.807) is 26.0 Å². The summed E-state index contributed by atoms with van der Waals surface area (Å²) >= 11 is 0. The van der Waals surface area contributed by atoms with Crippen molar-refractivity contribution in [3.05, 3.63) is 83.4 Å². The highest BCUT2D eigenvalue weighted by atomic mass is 19.4. The van der Waals surface area contributed by atoms with Gasteiger partial charge in [-0.05, 0) is 85.3 Å². The average Bonchev–Trinajstić information content (AvgIpc) is 3.06. The number of benzene rings is 3. The summed E-state index contributed by atoms with van der Waals surface area (Å²) < 4.78 is 56.1. The predicted molar refractivity (Wildman–Crippen MR) is 180 cm³/mol. The molecule has 0 heterocycles. The van der Waals surface area contributed by atoms with Crippen molar-refractivity contribution in [3.63, 3.8) is 0 Å². The fraction of sp³-hybridized carbons (Fsp3) is 0.487. The van der Waals surface area contributed by atoms with E-state index in [0.717, 1.165) is 23.3 Å². The van der Waals surface area contributed by atoms with Crippen molar-refractivity contribution in [2.45, 2.75) is 117 Å². The van der Waals surface area contributed by atoms with Crippen molar-refractivity contribution in [1.29, 1.82) is 0 Å². The number of rotatable bonds is 20. The second-order valence-corrected chi connectivity index (χ2v) is 12.1. The van der Waals surface area contributed by atoms with E-state index in [1.807, 2.05) is 36.4 Å². The molecule has 0 unspecified atom stereocenters. The largest absolute Gasteiger partial charge is 0.494 e. The number of hydrogen-bond acceptors (Lipinski definition) is 5. The van der Waals surface area contributed by atoms with Crippen LogP contribution in [0.1, 0.15) is 124 Å². The highest BCUT2D eigenvalue weighted by Gasteiger charge is 2.42. The second kappa shape index (κ2) is 19.8. The summed E-state index contributed by atoms with van der Waals surface area (Å²) in [7, 11) is 0. The summed E-state index contributed by atoms with van der Waals surface area (Å²) in [6.45, 7) is 6.32. The minimum absolute atomic E-state index is 0.0485. The van der Waals surface area contributed by atoms with Crippen LogP contribution in [0.5, 0.6) is 11.5 Å². The topological polar surface area (TPSA) is 61.8 Å². The lowest BCUT2D eigenvalue weighted by Crippen LogP contribution is -2.33. The van der Waals surface area contributed by atoms with Gasteiger partial charge in [0.25, 0.3) is 0 Å². The number of aryl methyl sites for hydroxylation is 1. The number of carbonyl (C=O) groups excluding carboxylic acids is 2. The average molecular weight is 655 g/mol. The van der Waals surface area contributed by atoms with E-state index >= 15 is 0 Å². The molecule has 0 N–H and O–H groups in total. The lowest BCUT2D eigenvalue weighted by molar-refractivity contribution is -0.206. The van der Waals surface area contributed by atoms with Crippen LogP contribution in [-0.2, 0) is 4.74 Å². The summed E-state index contributed by atoms with van der Waals surface area (Å²) in [5.41, 5.74) is 2.61. The standard InChI is InChI=1S/C39H49F3O5/c1-4-6-8-9-10-11-12-13-14-15-27-45-34-24-21-31(22-25-34)30-17-19-32(20-18-30)37(43)46-35-26-23-33(28-29(35)3)38(44)47-36(16-7-5-2)39(40,41)42/h17-26,28,36H,4-16,27H2,1-3H3/t36-/m0/s1. The summed E-state index contributed by atoms with van der Waals surface area (Å²) in [6.07, 6.45) is 6.59. The molecule has 3 aromatic rings. The lowest BCUT2D eigenvalue weighted by Gasteiger charge is -2.20. The van der Waals surface area contributed by atoms with Gasteiger partial charge in [-0.25, -0.2) is 9.59 Å². The number of unbranched alkanes of at least 4 members (excludes halogenated alkanes) is 10. The smallest absolute Gasteiger partial charge is 0.425 e. The molecule has 0 aromatic heterocycles. The Morgan fingerprint density at radius 3 is 1.74 bits per heavy atom. The molecule has 0 aliphatic rings. The summed E-state index contributed by atoms with van der Waals surface area (Å²) in [6, 6.07) is 18.9. The Balaban J connectivity index is 1.45. The van der Waals surface area contributed by atoms with Crippen molar-refractivity contribution in [2.75, 3.05) is 6.61 Å². The first-order valence-corrected chi connectivity index (χ1v) is 17.1. The molecule has 0 saturated heterocycles. The second-order valence-electron chi connectivity index (χ2n) is 12.1. The first kappa shape index (κ1) is 37.6.